The number of aliphatic hydroxyl groups is 1. The molecule has 2 atom stereocenters. The van der Waals surface area contributed by atoms with E-state index in [2.05, 4.69) is 16.7 Å². The quantitative estimate of drug-likeness (QED) is 0.629. The Kier molecular flexibility index (Phi) is 4.23. The van der Waals surface area contributed by atoms with E-state index in [0.29, 0.717) is 0 Å². The topological polar surface area (TPSA) is 32.7 Å². The van der Waals surface area contributed by atoms with Crippen LogP contribution in [0.1, 0.15) is 13.3 Å². The highest BCUT2D eigenvalue weighted by Gasteiger charge is 2.30. The average Bonchev–Trinajstić information content (AvgIpc) is 2.57. The Morgan fingerprint density at radius 1 is 1.62 bits per heavy atom. The molecular weight excluding hydrogens is 166 g/mol. The summed E-state index contributed by atoms with van der Waals surface area (Å²) >= 11 is 0. The van der Waals surface area contributed by atoms with E-state index in [1.165, 1.54) is 0 Å². The summed E-state index contributed by atoms with van der Waals surface area (Å²) in [7, 11) is 1.72. The molecule has 0 aromatic rings. The predicted octanol–water partition coefficient (Wildman–Crippen LogP) is 0.0913. The molecule has 1 fully saturated rings. The first-order chi connectivity index (χ1) is 6.31. The van der Waals surface area contributed by atoms with Gasteiger partial charge in [-0.15, -0.1) is 5.92 Å². The summed E-state index contributed by atoms with van der Waals surface area (Å²) in [4.78, 5) is 2.17. The third-order valence-corrected chi connectivity index (χ3v) is 2.49. The third kappa shape index (κ3) is 2.70. The molecule has 0 amide bonds. The zero-order valence-electron chi connectivity index (χ0n) is 8.29. The van der Waals surface area contributed by atoms with Crippen molar-refractivity contribution in [3.63, 3.8) is 0 Å². The maximum absolute atomic E-state index is 9.10. The summed E-state index contributed by atoms with van der Waals surface area (Å²) in [5.74, 6) is 5.87. The van der Waals surface area contributed by atoms with Crippen molar-refractivity contribution in [2.75, 3.05) is 26.8 Å². The molecule has 0 aromatic heterocycles. The largest absolute Gasteiger partial charge is 0.395 e. The minimum Gasteiger partial charge on any atom is -0.395 e. The summed E-state index contributed by atoms with van der Waals surface area (Å²) in [5.41, 5.74) is 0. The number of hydrogen-bond donors (Lipinski definition) is 1. The molecule has 0 unspecified atom stereocenters. The number of rotatable bonds is 3. The first kappa shape index (κ1) is 10.5. The van der Waals surface area contributed by atoms with Gasteiger partial charge in [0.25, 0.3) is 0 Å². The van der Waals surface area contributed by atoms with Crippen LogP contribution >= 0.6 is 0 Å². The van der Waals surface area contributed by atoms with Crippen LogP contribution in [-0.2, 0) is 4.74 Å². The number of likely N-dealkylation sites (tertiary alicyclic amines) is 1. The molecule has 13 heavy (non-hydrogen) atoms. The molecule has 0 radical (unpaired) electrons. The molecule has 1 aliphatic heterocycles. The lowest BCUT2D eigenvalue weighted by molar-refractivity contribution is 0.110. The van der Waals surface area contributed by atoms with Crippen molar-refractivity contribution in [1.82, 2.24) is 4.90 Å². The Bertz CT molecular complexity index is 207. The van der Waals surface area contributed by atoms with E-state index >= 15 is 0 Å². The minimum absolute atomic E-state index is 0.200. The van der Waals surface area contributed by atoms with Gasteiger partial charge in [0.2, 0.25) is 0 Å². The lowest BCUT2D eigenvalue weighted by Crippen LogP contribution is -2.32. The normalized spacial score (nSPS) is 28.5. The van der Waals surface area contributed by atoms with Crippen LogP contribution in [0.3, 0.4) is 0 Å². The van der Waals surface area contributed by atoms with Gasteiger partial charge >= 0.3 is 0 Å². The molecule has 0 spiro atoms. The van der Waals surface area contributed by atoms with E-state index in [-0.39, 0.29) is 18.8 Å². The van der Waals surface area contributed by atoms with Crippen LogP contribution in [0.2, 0.25) is 0 Å². The van der Waals surface area contributed by atoms with E-state index in [1.807, 2.05) is 6.92 Å². The summed E-state index contributed by atoms with van der Waals surface area (Å²) < 4.78 is 5.25. The minimum atomic E-state index is 0.200. The summed E-state index contributed by atoms with van der Waals surface area (Å²) in [5, 5.41) is 9.10. The van der Waals surface area contributed by atoms with Crippen LogP contribution in [-0.4, -0.2) is 49.0 Å². The van der Waals surface area contributed by atoms with Crippen molar-refractivity contribution in [1.29, 1.82) is 0 Å². The lowest BCUT2D eigenvalue weighted by atomic mass is 10.2. The van der Waals surface area contributed by atoms with Gasteiger partial charge in [0.1, 0.15) is 0 Å². The van der Waals surface area contributed by atoms with Gasteiger partial charge in [0, 0.05) is 19.7 Å². The second-order valence-corrected chi connectivity index (χ2v) is 3.29. The maximum Gasteiger partial charge on any atom is 0.0714 e. The van der Waals surface area contributed by atoms with Crippen molar-refractivity contribution in [3.8, 4) is 11.8 Å². The van der Waals surface area contributed by atoms with Crippen LogP contribution in [0, 0.1) is 11.8 Å². The Labute approximate surface area is 79.7 Å². The number of aliphatic hydroxyl groups excluding tert-OH is 1. The Morgan fingerprint density at radius 3 is 2.92 bits per heavy atom. The van der Waals surface area contributed by atoms with Crippen LogP contribution in [0.15, 0.2) is 0 Å². The molecule has 0 saturated carbocycles. The number of methoxy groups -OCH3 is 1. The van der Waals surface area contributed by atoms with E-state index in [1.54, 1.807) is 7.11 Å². The second kappa shape index (κ2) is 5.23. The summed E-state index contributed by atoms with van der Waals surface area (Å²) in [6.45, 7) is 3.65. The Balaban J connectivity index is 2.45. The number of nitrogens with zero attached hydrogens (tertiary/aromatic N) is 1. The fourth-order valence-corrected chi connectivity index (χ4v) is 1.67. The maximum atomic E-state index is 9.10. The van der Waals surface area contributed by atoms with Crippen LogP contribution in [0.25, 0.3) is 0 Å². The molecule has 1 saturated heterocycles. The molecule has 1 rings (SSSR count). The smallest absolute Gasteiger partial charge is 0.0714 e. The van der Waals surface area contributed by atoms with Gasteiger partial charge in [-0.25, -0.2) is 0 Å². The Hall–Kier alpha value is -0.560. The lowest BCUT2D eigenvalue weighted by Gasteiger charge is -2.18. The monoisotopic (exact) mass is 183 g/mol. The van der Waals surface area contributed by atoms with Crippen molar-refractivity contribution >= 4 is 0 Å². The molecule has 0 aromatic carbocycles. The standard InChI is InChI=1S/C10H17NO2/c1-3-4-5-11-7-10(13-2)6-9(11)8-12/h9-10,12H,5-8H2,1-2H3/t9-,10-/m0/s1. The van der Waals surface area contributed by atoms with Crippen molar-refractivity contribution in [2.24, 2.45) is 0 Å². The first-order valence-corrected chi connectivity index (χ1v) is 4.59. The predicted molar refractivity (Wildman–Crippen MR) is 51.3 cm³/mol. The molecule has 3 heteroatoms. The second-order valence-electron chi connectivity index (χ2n) is 3.29. The van der Waals surface area contributed by atoms with Crippen LogP contribution in [0.5, 0.6) is 0 Å². The van der Waals surface area contributed by atoms with Gasteiger partial charge in [-0.3, -0.25) is 4.90 Å². The van der Waals surface area contributed by atoms with Gasteiger partial charge < -0.3 is 9.84 Å². The number of hydrogen-bond acceptors (Lipinski definition) is 3. The SMILES string of the molecule is CC#CCN1C[C@@H](OC)C[C@H]1CO. The first-order valence-electron chi connectivity index (χ1n) is 4.59. The zero-order chi connectivity index (χ0) is 9.68. The van der Waals surface area contributed by atoms with Gasteiger partial charge in [0.05, 0.1) is 19.3 Å². The highest BCUT2D eigenvalue weighted by Crippen LogP contribution is 2.18. The van der Waals surface area contributed by atoms with Gasteiger partial charge in [-0.1, -0.05) is 5.92 Å². The van der Waals surface area contributed by atoms with E-state index in [0.717, 1.165) is 19.5 Å². The zero-order valence-corrected chi connectivity index (χ0v) is 8.29. The molecule has 1 heterocycles. The van der Waals surface area contributed by atoms with E-state index in [9.17, 15) is 0 Å². The van der Waals surface area contributed by atoms with E-state index in [4.69, 9.17) is 9.84 Å². The van der Waals surface area contributed by atoms with E-state index < -0.39 is 0 Å². The van der Waals surface area contributed by atoms with Crippen molar-refractivity contribution in [3.05, 3.63) is 0 Å². The molecule has 3 nitrogen and oxygen atoms in total. The Morgan fingerprint density at radius 2 is 2.38 bits per heavy atom. The molecule has 74 valence electrons. The molecule has 0 aliphatic carbocycles. The van der Waals surface area contributed by atoms with Crippen LogP contribution in [0.4, 0.5) is 0 Å². The van der Waals surface area contributed by atoms with Crippen molar-refractivity contribution < 1.29 is 9.84 Å². The van der Waals surface area contributed by atoms with Crippen molar-refractivity contribution in [2.45, 2.75) is 25.5 Å². The fourth-order valence-electron chi connectivity index (χ4n) is 1.67. The highest BCUT2D eigenvalue weighted by atomic mass is 16.5. The van der Waals surface area contributed by atoms with Gasteiger partial charge in [-0.2, -0.15) is 0 Å². The average molecular weight is 183 g/mol. The fraction of sp³-hybridized carbons (Fsp3) is 0.800. The highest BCUT2D eigenvalue weighted by molar-refractivity contribution is 5.01. The van der Waals surface area contributed by atoms with Gasteiger partial charge in [-0.05, 0) is 13.3 Å². The molecular formula is C10H17NO2. The third-order valence-electron chi connectivity index (χ3n) is 2.49. The molecule has 1 aliphatic rings. The van der Waals surface area contributed by atoms with Crippen LogP contribution < -0.4 is 0 Å². The van der Waals surface area contributed by atoms with Gasteiger partial charge in [0.15, 0.2) is 0 Å². The number of ether oxygens (including phenoxy) is 1. The summed E-state index contributed by atoms with van der Waals surface area (Å²) in [6.07, 6.45) is 1.18. The summed E-state index contributed by atoms with van der Waals surface area (Å²) in [6, 6.07) is 0.228. The molecule has 1 N–H and O–H groups in total. The molecule has 0 bridgehead atoms.